The van der Waals surface area contributed by atoms with Gasteiger partial charge in [0.2, 0.25) is 0 Å². The smallest absolute Gasteiger partial charge is 0.416 e. The molecule has 0 bridgehead atoms. The molecule has 1 aromatic heterocycles. The number of hydrogen-bond donors (Lipinski definition) is 1. The molecule has 1 fully saturated rings. The van der Waals surface area contributed by atoms with Crippen LogP contribution in [0, 0.1) is 13.8 Å². The van der Waals surface area contributed by atoms with Gasteiger partial charge < -0.3 is 14.8 Å². The molecule has 0 spiro atoms. The number of ketones is 1. The number of alkyl halides is 3. The van der Waals surface area contributed by atoms with Crippen LogP contribution in [0.2, 0.25) is 0 Å². The minimum Gasteiger partial charge on any atom is -0.491 e. The van der Waals surface area contributed by atoms with Crippen LogP contribution in [0.15, 0.2) is 48.5 Å². The third-order valence-corrected chi connectivity index (χ3v) is 5.69. The molecule has 35 heavy (non-hydrogen) atoms. The van der Waals surface area contributed by atoms with Crippen molar-refractivity contribution in [2.75, 3.05) is 18.5 Å². The predicted octanol–water partition coefficient (Wildman–Crippen LogP) is 4.89. The third kappa shape index (κ3) is 5.54. The maximum Gasteiger partial charge on any atom is 0.416 e. The van der Waals surface area contributed by atoms with E-state index in [4.69, 9.17) is 9.47 Å². The van der Waals surface area contributed by atoms with E-state index in [9.17, 15) is 22.8 Å². The molecule has 0 radical (unpaired) electrons. The molecule has 2 aromatic carbocycles. The fourth-order valence-corrected chi connectivity index (χ4v) is 3.97. The number of Topliss-reactive ketones (excluding diaryl/α,β-unsaturated/α-hetero) is 1. The average Bonchev–Trinajstić information content (AvgIpc) is 3.44. The molecule has 0 aliphatic carbocycles. The Morgan fingerprint density at radius 2 is 1.94 bits per heavy atom. The van der Waals surface area contributed by atoms with Crippen molar-refractivity contribution >= 4 is 17.4 Å². The van der Waals surface area contributed by atoms with E-state index in [1.807, 2.05) is 0 Å². The number of benzene rings is 2. The van der Waals surface area contributed by atoms with Crippen LogP contribution < -0.4 is 10.1 Å². The summed E-state index contributed by atoms with van der Waals surface area (Å²) in [7, 11) is 0. The Morgan fingerprint density at radius 3 is 2.66 bits per heavy atom. The summed E-state index contributed by atoms with van der Waals surface area (Å²) in [6.45, 7) is 4.16. The lowest BCUT2D eigenvalue weighted by atomic mass is 10.1. The molecular weight excluding hydrogens is 463 g/mol. The molecule has 10 heteroatoms. The Balaban J connectivity index is 1.50. The van der Waals surface area contributed by atoms with Gasteiger partial charge in [0.25, 0.3) is 11.7 Å². The van der Waals surface area contributed by atoms with Gasteiger partial charge in [-0.15, -0.1) is 0 Å². The fraction of sp³-hybridized carbons (Fsp3) is 0.320. The normalized spacial score (nSPS) is 15.7. The third-order valence-electron chi connectivity index (χ3n) is 5.69. The van der Waals surface area contributed by atoms with Gasteiger partial charge in [-0.1, -0.05) is 12.1 Å². The number of aryl methyl sites for hydroxylation is 1. The number of hydrogen-bond acceptors (Lipinski definition) is 5. The summed E-state index contributed by atoms with van der Waals surface area (Å²) in [4.78, 5) is 25.7. The Kier molecular flexibility index (Phi) is 6.93. The average molecular weight is 487 g/mol. The monoisotopic (exact) mass is 487 g/mol. The van der Waals surface area contributed by atoms with E-state index in [0.717, 1.165) is 31.6 Å². The van der Waals surface area contributed by atoms with E-state index in [2.05, 4.69) is 10.4 Å². The van der Waals surface area contributed by atoms with E-state index in [1.165, 1.54) is 30.7 Å². The Bertz CT molecular complexity index is 1250. The van der Waals surface area contributed by atoms with Crippen molar-refractivity contribution in [3.63, 3.8) is 0 Å². The number of ether oxygens (including phenoxy) is 2. The molecule has 1 aliphatic heterocycles. The molecule has 0 saturated carbocycles. The van der Waals surface area contributed by atoms with Crippen LogP contribution in [0.25, 0.3) is 5.69 Å². The molecule has 7 nitrogen and oxygen atoms in total. The van der Waals surface area contributed by atoms with Gasteiger partial charge in [-0.05, 0) is 57.0 Å². The largest absolute Gasteiger partial charge is 0.491 e. The molecule has 2 heterocycles. The molecular formula is C25H24F3N3O4. The number of nitrogens with one attached hydrogen (secondary N) is 1. The molecule has 1 amide bonds. The highest BCUT2D eigenvalue weighted by Crippen LogP contribution is 2.31. The van der Waals surface area contributed by atoms with Crippen molar-refractivity contribution in [3.05, 3.63) is 71.0 Å². The first-order valence-electron chi connectivity index (χ1n) is 11.1. The maximum absolute atomic E-state index is 13.1. The van der Waals surface area contributed by atoms with E-state index < -0.39 is 23.4 Å². The van der Waals surface area contributed by atoms with Crippen molar-refractivity contribution in [1.29, 1.82) is 0 Å². The van der Waals surface area contributed by atoms with Crippen LogP contribution >= 0.6 is 0 Å². The van der Waals surface area contributed by atoms with E-state index in [1.54, 1.807) is 24.3 Å². The van der Waals surface area contributed by atoms with Crippen molar-refractivity contribution in [2.45, 2.75) is 39.0 Å². The van der Waals surface area contributed by atoms with E-state index >= 15 is 0 Å². The van der Waals surface area contributed by atoms with E-state index in [0.29, 0.717) is 18.0 Å². The van der Waals surface area contributed by atoms with Crippen LogP contribution in [-0.2, 0) is 15.7 Å². The van der Waals surface area contributed by atoms with Gasteiger partial charge in [0.05, 0.1) is 34.3 Å². The van der Waals surface area contributed by atoms with Crippen LogP contribution in [0.5, 0.6) is 5.75 Å². The summed E-state index contributed by atoms with van der Waals surface area (Å²) in [6, 6.07) is 11.2. The second-order valence-corrected chi connectivity index (χ2v) is 8.26. The number of carbonyl (C=O) groups excluding carboxylic acids is 2. The molecule has 1 unspecified atom stereocenters. The van der Waals surface area contributed by atoms with Crippen LogP contribution in [0.3, 0.4) is 0 Å². The summed E-state index contributed by atoms with van der Waals surface area (Å²) >= 11 is 0. The second kappa shape index (κ2) is 9.91. The minimum atomic E-state index is -4.52. The van der Waals surface area contributed by atoms with Crippen molar-refractivity contribution in [3.8, 4) is 11.4 Å². The number of rotatable bonds is 7. The highest BCUT2D eigenvalue weighted by molar-refractivity contribution is 6.47. The van der Waals surface area contributed by atoms with Gasteiger partial charge in [0.15, 0.2) is 0 Å². The van der Waals surface area contributed by atoms with Crippen molar-refractivity contribution < 1.29 is 32.2 Å². The molecule has 1 aliphatic rings. The maximum atomic E-state index is 13.1. The SMILES string of the molecule is Cc1nn(-c2cccc(C(F)(F)F)c2)c(C)c1C(=O)C(=O)Nc1cccc(OCC2CCCO2)c1. The first kappa shape index (κ1) is 24.5. The molecule has 4 rings (SSSR count). The Morgan fingerprint density at radius 1 is 1.17 bits per heavy atom. The zero-order valence-corrected chi connectivity index (χ0v) is 19.2. The minimum absolute atomic E-state index is 0.0331. The van der Waals surface area contributed by atoms with Crippen LogP contribution in [0.4, 0.5) is 18.9 Å². The lowest BCUT2D eigenvalue weighted by Crippen LogP contribution is -2.24. The van der Waals surface area contributed by atoms with Crippen molar-refractivity contribution in [2.24, 2.45) is 0 Å². The zero-order valence-electron chi connectivity index (χ0n) is 19.2. The quantitative estimate of drug-likeness (QED) is 0.379. The fourth-order valence-electron chi connectivity index (χ4n) is 3.97. The molecule has 1 N–H and O–H groups in total. The van der Waals surface area contributed by atoms with Crippen LogP contribution in [-0.4, -0.2) is 40.8 Å². The lowest BCUT2D eigenvalue weighted by molar-refractivity contribution is -0.137. The molecule has 1 saturated heterocycles. The number of anilines is 1. The number of carbonyl (C=O) groups is 2. The van der Waals surface area contributed by atoms with E-state index in [-0.39, 0.29) is 28.7 Å². The number of aromatic nitrogens is 2. The summed E-state index contributed by atoms with van der Waals surface area (Å²) in [5, 5.41) is 6.76. The highest BCUT2D eigenvalue weighted by atomic mass is 19.4. The topological polar surface area (TPSA) is 82.5 Å². The first-order valence-corrected chi connectivity index (χ1v) is 11.1. The standard InChI is InChI=1S/C25H24F3N3O4/c1-15-22(16(2)31(30-15)19-8-3-6-17(12-19)25(26,27)28)23(32)24(33)29-18-7-4-9-20(13-18)35-14-21-10-5-11-34-21/h3-4,6-9,12-13,21H,5,10-11,14H2,1-2H3,(H,29,33). The highest BCUT2D eigenvalue weighted by Gasteiger charge is 2.31. The predicted molar refractivity (Wildman–Crippen MR) is 122 cm³/mol. The number of nitrogens with zero attached hydrogens (tertiary/aromatic N) is 2. The van der Waals surface area contributed by atoms with Gasteiger partial charge in [-0.3, -0.25) is 9.59 Å². The lowest BCUT2D eigenvalue weighted by Gasteiger charge is -2.12. The summed E-state index contributed by atoms with van der Waals surface area (Å²) in [6.07, 6.45) is -2.56. The van der Waals surface area contributed by atoms with Gasteiger partial charge in [0, 0.05) is 18.4 Å². The Labute approximate surface area is 199 Å². The molecule has 1 atom stereocenters. The van der Waals surface area contributed by atoms with Gasteiger partial charge in [-0.2, -0.15) is 18.3 Å². The van der Waals surface area contributed by atoms with Crippen molar-refractivity contribution in [1.82, 2.24) is 9.78 Å². The first-order chi connectivity index (χ1) is 16.6. The van der Waals surface area contributed by atoms with Gasteiger partial charge >= 0.3 is 6.18 Å². The summed E-state index contributed by atoms with van der Waals surface area (Å²) < 4.78 is 51.8. The summed E-state index contributed by atoms with van der Waals surface area (Å²) in [5.41, 5.74) is 0.189. The second-order valence-electron chi connectivity index (χ2n) is 8.26. The molecule has 3 aromatic rings. The van der Waals surface area contributed by atoms with Gasteiger partial charge in [0.1, 0.15) is 12.4 Å². The number of amides is 1. The Hall–Kier alpha value is -3.66. The number of halogens is 3. The molecule has 184 valence electrons. The van der Waals surface area contributed by atoms with Crippen LogP contribution in [0.1, 0.15) is 40.2 Å². The van der Waals surface area contributed by atoms with Gasteiger partial charge in [-0.25, -0.2) is 4.68 Å². The zero-order chi connectivity index (χ0) is 25.2. The summed E-state index contributed by atoms with van der Waals surface area (Å²) in [5.74, 6) is -1.21.